The van der Waals surface area contributed by atoms with Crippen LogP contribution < -0.4 is 0 Å². The summed E-state index contributed by atoms with van der Waals surface area (Å²) in [5, 5.41) is 6.86. The number of rotatable bonds is 5. The minimum absolute atomic E-state index is 0.126. The van der Waals surface area contributed by atoms with Crippen LogP contribution in [0.4, 0.5) is 0 Å². The van der Waals surface area contributed by atoms with E-state index in [1.165, 1.54) is 11.3 Å². The molecule has 1 saturated heterocycles. The maximum atomic E-state index is 13.2. The number of nitrogens with zero attached hydrogens (tertiary/aromatic N) is 5. The fraction of sp³-hybridized carbons (Fsp3) is 0.632. The summed E-state index contributed by atoms with van der Waals surface area (Å²) in [7, 11) is 2.17. The predicted molar refractivity (Wildman–Crippen MR) is 111 cm³/mol. The summed E-state index contributed by atoms with van der Waals surface area (Å²) in [4.78, 5) is 21.9. The molecular formula is C19H27N5OS2. The van der Waals surface area contributed by atoms with Gasteiger partial charge in [0.2, 0.25) is 0 Å². The Morgan fingerprint density at radius 3 is 2.89 bits per heavy atom. The summed E-state index contributed by atoms with van der Waals surface area (Å²) in [6.45, 7) is 5.47. The zero-order valence-corrected chi connectivity index (χ0v) is 17.7. The number of aryl methyl sites for hydroxylation is 1. The molecule has 1 aliphatic carbocycles. The highest BCUT2D eigenvalue weighted by molar-refractivity contribution is 7.99. The number of likely N-dealkylation sites (N-methyl/N-ethyl adjacent to an activating group) is 1. The van der Waals surface area contributed by atoms with Gasteiger partial charge in [-0.05, 0) is 33.2 Å². The number of thiazole rings is 1. The van der Waals surface area contributed by atoms with Gasteiger partial charge in [-0.3, -0.25) is 14.4 Å². The second kappa shape index (κ2) is 8.32. The van der Waals surface area contributed by atoms with E-state index in [0.29, 0.717) is 11.7 Å². The van der Waals surface area contributed by atoms with Gasteiger partial charge in [-0.1, -0.05) is 0 Å². The van der Waals surface area contributed by atoms with E-state index in [4.69, 9.17) is 5.10 Å². The molecule has 0 saturated carbocycles. The van der Waals surface area contributed by atoms with Crippen molar-refractivity contribution in [3.05, 3.63) is 33.5 Å². The van der Waals surface area contributed by atoms with Crippen LogP contribution in [0, 0.1) is 0 Å². The van der Waals surface area contributed by atoms with E-state index in [0.717, 1.165) is 62.6 Å². The molecule has 0 spiro atoms. The number of carbonyl (C=O) groups excluding carboxylic acids is 1. The Balaban J connectivity index is 1.55. The molecule has 6 nitrogen and oxygen atoms in total. The Bertz CT molecular complexity index is 782. The summed E-state index contributed by atoms with van der Waals surface area (Å²) >= 11 is 3.57. The molecule has 2 aromatic heterocycles. The van der Waals surface area contributed by atoms with E-state index >= 15 is 0 Å². The average Bonchev–Trinajstić information content (AvgIpc) is 3.35. The normalized spacial score (nSPS) is 20.1. The molecule has 2 aromatic rings. The van der Waals surface area contributed by atoms with Gasteiger partial charge in [0, 0.05) is 60.4 Å². The van der Waals surface area contributed by atoms with Crippen LogP contribution in [0.2, 0.25) is 0 Å². The van der Waals surface area contributed by atoms with Crippen LogP contribution in [0.1, 0.15) is 40.8 Å². The van der Waals surface area contributed by atoms with Gasteiger partial charge in [-0.25, -0.2) is 4.98 Å². The van der Waals surface area contributed by atoms with Gasteiger partial charge in [0.05, 0.1) is 11.2 Å². The first-order valence-corrected chi connectivity index (χ1v) is 11.8. The quantitative estimate of drug-likeness (QED) is 0.765. The Kier molecular flexibility index (Phi) is 5.85. The van der Waals surface area contributed by atoms with E-state index < -0.39 is 0 Å². The monoisotopic (exact) mass is 405 g/mol. The molecule has 1 amide bonds. The topological polar surface area (TPSA) is 54.3 Å². The maximum Gasteiger partial charge on any atom is 0.274 e. The first-order valence-electron chi connectivity index (χ1n) is 9.70. The number of aromatic nitrogens is 3. The zero-order chi connectivity index (χ0) is 18.8. The standard InChI is InChI=1S/C19H27N5OS2/c1-3-24-17-5-4-15(22(2)11-14-12-27-13-20-14)10-16(17)18(21-24)19(25)23-6-8-26-9-7-23/h12-13,15H,3-11H2,1-2H3/t15-/m0/s1. The third-order valence-corrected chi connectivity index (χ3v) is 7.22. The fourth-order valence-corrected chi connectivity index (χ4v) is 5.55. The van der Waals surface area contributed by atoms with E-state index in [-0.39, 0.29) is 5.91 Å². The van der Waals surface area contributed by atoms with Crippen LogP contribution in [-0.2, 0) is 25.9 Å². The number of hydrogen-bond donors (Lipinski definition) is 0. The number of amides is 1. The molecule has 1 fully saturated rings. The van der Waals surface area contributed by atoms with Crippen LogP contribution in [-0.4, -0.2) is 68.2 Å². The number of thioether (sulfide) groups is 1. The lowest BCUT2D eigenvalue weighted by Crippen LogP contribution is -2.40. The van der Waals surface area contributed by atoms with Crippen molar-refractivity contribution < 1.29 is 4.79 Å². The van der Waals surface area contributed by atoms with Crippen molar-refractivity contribution in [3.8, 4) is 0 Å². The Morgan fingerprint density at radius 1 is 1.37 bits per heavy atom. The minimum Gasteiger partial charge on any atom is -0.336 e. The van der Waals surface area contributed by atoms with Gasteiger partial charge in [0.1, 0.15) is 0 Å². The summed E-state index contributed by atoms with van der Waals surface area (Å²) in [6.07, 6.45) is 3.00. The first kappa shape index (κ1) is 19.0. The van der Waals surface area contributed by atoms with Crippen LogP contribution in [0.5, 0.6) is 0 Å². The van der Waals surface area contributed by atoms with Gasteiger partial charge < -0.3 is 4.90 Å². The molecule has 2 aliphatic rings. The molecule has 8 heteroatoms. The predicted octanol–water partition coefficient (Wildman–Crippen LogP) is 2.54. The molecule has 0 N–H and O–H groups in total. The van der Waals surface area contributed by atoms with Gasteiger partial charge in [0.25, 0.3) is 5.91 Å². The molecule has 0 unspecified atom stereocenters. The lowest BCUT2D eigenvalue weighted by molar-refractivity contribution is 0.0763. The van der Waals surface area contributed by atoms with Crippen LogP contribution >= 0.6 is 23.1 Å². The molecule has 146 valence electrons. The van der Waals surface area contributed by atoms with Crippen molar-refractivity contribution in [2.45, 2.75) is 45.3 Å². The van der Waals surface area contributed by atoms with Crippen molar-refractivity contribution in [2.24, 2.45) is 0 Å². The summed E-state index contributed by atoms with van der Waals surface area (Å²) in [5.41, 5.74) is 6.17. The maximum absolute atomic E-state index is 13.2. The third-order valence-electron chi connectivity index (χ3n) is 5.64. The Hall–Kier alpha value is -1.38. The number of carbonyl (C=O) groups is 1. The molecule has 27 heavy (non-hydrogen) atoms. The lowest BCUT2D eigenvalue weighted by atomic mass is 9.90. The Morgan fingerprint density at radius 2 is 2.19 bits per heavy atom. The second-order valence-electron chi connectivity index (χ2n) is 7.29. The molecule has 3 heterocycles. The molecule has 0 bridgehead atoms. The van der Waals surface area contributed by atoms with E-state index in [9.17, 15) is 4.79 Å². The Labute approximate surface area is 168 Å². The van der Waals surface area contributed by atoms with Crippen LogP contribution in [0.3, 0.4) is 0 Å². The molecule has 1 atom stereocenters. The molecular weight excluding hydrogens is 378 g/mol. The van der Waals surface area contributed by atoms with Crippen molar-refractivity contribution in [2.75, 3.05) is 31.6 Å². The van der Waals surface area contributed by atoms with Gasteiger partial charge in [-0.2, -0.15) is 16.9 Å². The lowest BCUT2D eigenvalue weighted by Gasteiger charge is -2.32. The number of hydrogen-bond acceptors (Lipinski definition) is 6. The average molecular weight is 406 g/mol. The van der Waals surface area contributed by atoms with Gasteiger partial charge in [-0.15, -0.1) is 11.3 Å². The largest absolute Gasteiger partial charge is 0.336 e. The minimum atomic E-state index is 0.126. The summed E-state index contributed by atoms with van der Waals surface area (Å²) < 4.78 is 2.05. The third kappa shape index (κ3) is 3.93. The summed E-state index contributed by atoms with van der Waals surface area (Å²) in [5.74, 6) is 2.18. The molecule has 1 aliphatic heterocycles. The van der Waals surface area contributed by atoms with Crippen LogP contribution in [0.25, 0.3) is 0 Å². The second-order valence-corrected chi connectivity index (χ2v) is 9.23. The zero-order valence-electron chi connectivity index (χ0n) is 16.1. The molecule has 0 radical (unpaired) electrons. The van der Waals surface area contributed by atoms with Crippen molar-refractivity contribution in [3.63, 3.8) is 0 Å². The smallest absolute Gasteiger partial charge is 0.274 e. The van der Waals surface area contributed by atoms with E-state index in [2.05, 4.69) is 33.9 Å². The number of fused-ring (bicyclic) bond motifs is 1. The first-order chi connectivity index (χ1) is 13.2. The van der Waals surface area contributed by atoms with Gasteiger partial charge in [0.15, 0.2) is 5.69 Å². The highest BCUT2D eigenvalue weighted by Gasteiger charge is 2.32. The summed E-state index contributed by atoms with van der Waals surface area (Å²) in [6, 6.07) is 0.428. The van der Waals surface area contributed by atoms with Crippen molar-refractivity contribution in [1.29, 1.82) is 0 Å². The fourth-order valence-electron chi connectivity index (χ4n) is 4.10. The SMILES string of the molecule is CCn1nc(C(=O)N2CCSCC2)c2c1CC[C@H](N(C)Cc1cscn1)C2. The highest BCUT2D eigenvalue weighted by Crippen LogP contribution is 2.29. The van der Waals surface area contributed by atoms with Crippen molar-refractivity contribution in [1.82, 2.24) is 24.6 Å². The van der Waals surface area contributed by atoms with Crippen LogP contribution in [0.15, 0.2) is 10.9 Å². The van der Waals surface area contributed by atoms with E-state index in [1.807, 2.05) is 22.2 Å². The molecule has 4 rings (SSSR count). The van der Waals surface area contributed by atoms with Gasteiger partial charge >= 0.3 is 0 Å². The molecule has 0 aromatic carbocycles. The van der Waals surface area contributed by atoms with E-state index in [1.54, 1.807) is 11.3 Å². The highest BCUT2D eigenvalue weighted by atomic mass is 32.2. The van der Waals surface area contributed by atoms with Crippen molar-refractivity contribution >= 4 is 29.0 Å².